The first-order valence-corrected chi connectivity index (χ1v) is 4.82. The zero-order valence-corrected chi connectivity index (χ0v) is 8.92. The van der Waals surface area contributed by atoms with Crippen molar-refractivity contribution >= 4 is 0 Å². The van der Waals surface area contributed by atoms with Crippen LogP contribution >= 0.6 is 0 Å². The van der Waals surface area contributed by atoms with Gasteiger partial charge in [-0.1, -0.05) is 27.4 Å². The highest BCUT2D eigenvalue weighted by Crippen LogP contribution is 2.32. The molecule has 2 rings (SSSR count). The first-order chi connectivity index (χ1) is 6.47. The second kappa shape index (κ2) is 2.84. The van der Waals surface area contributed by atoms with Crippen molar-refractivity contribution in [2.75, 3.05) is 0 Å². The fourth-order valence-corrected chi connectivity index (χ4v) is 1.51. The second-order valence-corrected chi connectivity index (χ2v) is 4.74. The number of pyridine rings is 1. The minimum atomic E-state index is 0.0717. The second-order valence-electron chi connectivity index (χ2n) is 4.74. The van der Waals surface area contributed by atoms with Crippen LogP contribution in [0.4, 0.5) is 0 Å². The van der Waals surface area contributed by atoms with Crippen molar-refractivity contribution in [1.82, 2.24) is 4.98 Å². The van der Waals surface area contributed by atoms with E-state index in [1.54, 1.807) is 0 Å². The molecule has 0 aliphatic carbocycles. The van der Waals surface area contributed by atoms with Gasteiger partial charge in [0.05, 0.1) is 0 Å². The zero-order valence-electron chi connectivity index (χ0n) is 8.92. The van der Waals surface area contributed by atoms with Crippen LogP contribution in [0.1, 0.15) is 32.0 Å². The molecule has 1 aliphatic heterocycles. The first kappa shape index (κ1) is 9.25. The number of hydrogen-bond acceptors (Lipinski definition) is 2. The summed E-state index contributed by atoms with van der Waals surface area (Å²) in [5.74, 6) is 1.74. The Morgan fingerprint density at radius 2 is 2.14 bits per heavy atom. The molecule has 1 aromatic rings. The lowest BCUT2D eigenvalue weighted by molar-refractivity contribution is 0.446. The molecule has 0 saturated heterocycles. The fraction of sp³-hybridized carbons (Fsp3) is 0.417. The summed E-state index contributed by atoms with van der Waals surface area (Å²) in [6, 6.07) is 2.02. The first-order valence-electron chi connectivity index (χ1n) is 4.82. The van der Waals surface area contributed by atoms with E-state index in [-0.39, 0.29) is 5.41 Å². The number of hydrogen-bond donors (Lipinski definition) is 0. The van der Waals surface area contributed by atoms with Gasteiger partial charge in [0.1, 0.15) is 11.5 Å². The molecule has 74 valence electrons. The predicted molar refractivity (Wildman–Crippen MR) is 56.4 cm³/mol. The molecule has 0 spiro atoms. The van der Waals surface area contributed by atoms with Crippen LogP contribution in [0.15, 0.2) is 24.6 Å². The summed E-state index contributed by atoms with van der Waals surface area (Å²) in [6.07, 6.45) is 2.70. The number of aromatic nitrogens is 1. The number of fused-ring (bicyclic) bond motifs is 1. The average molecular weight is 189 g/mol. The van der Waals surface area contributed by atoms with Gasteiger partial charge >= 0.3 is 0 Å². The van der Waals surface area contributed by atoms with Crippen LogP contribution < -0.4 is 4.74 Å². The van der Waals surface area contributed by atoms with Crippen LogP contribution in [-0.2, 0) is 11.8 Å². The van der Waals surface area contributed by atoms with E-state index in [1.165, 1.54) is 0 Å². The molecular weight excluding hydrogens is 174 g/mol. The van der Waals surface area contributed by atoms with E-state index in [1.807, 2.05) is 12.3 Å². The van der Waals surface area contributed by atoms with Crippen molar-refractivity contribution in [3.63, 3.8) is 0 Å². The summed E-state index contributed by atoms with van der Waals surface area (Å²) in [5.41, 5.74) is 2.27. The number of ether oxygens (including phenoxy) is 1. The van der Waals surface area contributed by atoms with Gasteiger partial charge in [-0.2, -0.15) is 0 Å². The Hall–Kier alpha value is -1.31. The van der Waals surface area contributed by atoms with Crippen LogP contribution in [0.25, 0.3) is 0 Å². The van der Waals surface area contributed by atoms with E-state index < -0.39 is 0 Å². The molecule has 0 saturated carbocycles. The van der Waals surface area contributed by atoms with Gasteiger partial charge in [0, 0.05) is 35.4 Å². The van der Waals surface area contributed by atoms with Crippen molar-refractivity contribution in [2.24, 2.45) is 0 Å². The fourth-order valence-electron chi connectivity index (χ4n) is 1.51. The molecule has 0 amide bonds. The molecule has 0 fully saturated rings. The van der Waals surface area contributed by atoms with Crippen LogP contribution in [0, 0.1) is 0 Å². The Morgan fingerprint density at radius 1 is 1.43 bits per heavy atom. The van der Waals surface area contributed by atoms with Gasteiger partial charge in [-0.15, -0.1) is 0 Å². The SMILES string of the molecule is C=C1Cc2cnc(C(C)(C)C)cc2O1. The third kappa shape index (κ3) is 1.52. The van der Waals surface area contributed by atoms with Gasteiger partial charge in [0.2, 0.25) is 0 Å². The van der Waals surface area contributed by atoms with E-state index in [0.29, 0.717) is 0 Å². The molecule has 2 heterocycles. The molecule has 14 heavy (non-hydrogen) atoms. The summed E-state index contributed by atoms with van der Waals surface area (Å²) < 4.78 is 5.51. The summed E-state index contributed by atoms with van der Waals surface area (Å²) in [6.45, 7) is 10.2. The quantitative estimate of drug-likeness (QED) is 0.626. The van der Waals surface area contributed by atoms with Crippen LogP contribution in [-0.4, -0.2) is 4.98 Å². The van der Waals surface area contributed by atoms with Gasteiger partial charge in [0.25, 0.3) is 0 Å². The van der Waals surface area contributed by atoms with Gasteiger partial charge in [-0.3, -0.25) is 4.98 Å². The Kier molecular flexibility index (Phi) is 1.88. The molecular formula is C12H15NO. The molecule has 1 aromatic heterocycles. The molecule has 0 aromatic carbocycles. The number of rotatable bonds is 0. The standard InChI is InChI=1S/C12H15NO/c1-8-5-9-7-13-11(12(2,3)4)6-10(9)14-8/h6-7H,1,5H2,2-4H3. The Bertz CT molecular complexity index is 388. The van der Waals surface area contributed by atoms with Gasteiger partial charge in [-0.25, -0.2) is 0 Å². The minimum absolute atomic E-state index is 0.0717. The molecule has 1 aliphatic rings. The highest BCUT2D eigenvalue weighted by molar-refractivity contribution is 5.41. The van der Waals surface area contributed by atoms with E-state index in [2.05, 4.69) is 32.3 Å². The molecule has 2 nitrogen and oxygen atoms in total. The average Bonchev–Trinajstić information content (AvgIpc) is 2.41. The highest BCUT2D eigenvalue weighted by Gasteiger charge is 2.21. The lowest BCUT2D eigenvalue weighted by Gasteiger charge is -2.17. The molecule has 0 atom stereocenters. The van der Waals surface area contributed by atoms with E-state index >= 15 is 0 Å². The molecule has 2 heteroatoms. The third-order valence-corrected chi connectivity index (χ3v) is 2.35. The van der Waals surface area contributed by atoms with Crippen molar-refractivity contribution in [1.29, 1.82) is 0 Å². The van der Waals surface area contributed by atoms with Gasteiger partial charge in [0.15, 0.2) is 0 Å². The highest BCUT2D eigenvalue weighted by atomic mass is 16.5. The van der Waals surface area contributed by atoms with E-state index in [4.69, 9.17) is 4.74 Å². The maximum atomic E-state index is 5.51. The van der Waals surface area contributed by atoms with Gasteiger partial charge in [-0.05, 0) is 0 Å². The monoisotopic (exact) mass is 189 g/mol. The van der Waals surface area contributed by atoms with Gasteiger partial charge < -0.3 is 4.74 Å². The molecule has 0 radical (unpaired) electrons. The summed E-state index contributed by atoms with van der Waals surface area (Å²) >= 11 is 0. The third-order valence-electron chi connectivity index (χ3n) is 2.35. The molecule has 0 N–H and O–H groups in total. The normalized spacial score (nSPS) is 15.2. The molecule has 0 unspecified atom stereocenters. The summed E-state index contributed by atoms with van der Waals surface area (Å²) in [7, 11) is 0. The topological polar surface area (TPSA) is 22.1 Å². The largest absolute Gasteiger partial charge is 0.462 e. The Balaban J connectivity index is 2.43. The zero-order chi connectivity index (χ0) is 10.3. The maximum absolute atomic E-state index is 5.51. The van der Waals surface area contributed by atoms with Crippen molar-refractivity contribution in [3.05, 3.63) is 35.9 Å². The van der Waals surface area contributed by atoms with E-state index in [0.717, 1.165) is 29.2 Å². The summed E-state index contributed by atoms with van der Waals surface area (Å²) in [5, 5.41) is 0. The van der Waals surface area contributed by atoms with Crippen molar-refractivity contribution < 1.29 is 4.74 Å². The Labute approximate surface area is 84.6 Å². The van der Waals surface area contributed by atoms with E-state index in [9.17, 15) is 0 Å². The van der Waals surface area contributed by atoms with Crippen molar-refractivity contribution in [3.8, 4) is 5.75 Å². The number of allylic oxidation sites excluding steroid dienone is 1. The van der Waals surface area contributed by atoms with Crippen LogP contribution in [0.3, 0.4) is 0 Å². The summed E-state index contributed by atoms with van der Waals surface area (Å²) in [4.78, 5) is 4.43. The maximum Gasteiger partial charge on any atom is 0.133 e. The van der Waals surface area contributed by atoms with Crippen LogP contribution in [0.5, 0.6) is 5.75 Å². The minimum Gasteiger partial charge on any atom is -0.462 e. The van der Waals surface area contributed by atoms with Crippen LogP contribution in [0.2, 0.25) is 0 Å². The number of nitrogens with zero attached hydrogens (tertiary/aromatic N) is 1. The lowest BCUT2D eigenvalue weighted by atomic mass is 9.91. The van der Waals surface area contributed by atoms with Crippen molar-refractivity contribution in [2.45, 2.75) is 32.6 Å². The molecule has 0 bridgehead atoms. The lowest BCUT2D eigenvalue weighted by Crippen LogP contribution is -2.13. The Morgan fingerprint density at radius 3 is 2.79 bits per heavy atom. The predicted octanol–water partition coefficient (Wildman–Crippen LogP) is 2.83. The smallest absolute Gasteiger partial charge is 0.133 e.